The number of guanidine groups is 1. The molecule has 1 aromatic heterocycles. The Bertz CT molecular complexity index is 709. The second kappa shape index (κ2) is 9.42. The number of ether oxygens (including phenoxy) is 1. The Morgan fingerprint density at radius 1 is 1.28 bits per heavy atom. The van der Waals surface area contributed by atoms with Gasteiger partial charge >= 0.3 is 0 Å². The Morgan fingerprint density at radius 2 is 2.08 bits per heavy atom. The van der Waals surface area contributed by atoms with Crippen LogP contribution in [0.15, 0.2) is 29.3 Å². The van der Waals surface area contributed by atoms with Crippen LogP contribution in [-0.4, -0.2) is 23.6 Å². The number of thiazole rings is 1. The topological polar surface area (TPSA) is 58.5 Å². The highest BCUT2D eigenvalue weighted by Gasteiger charge is 2.06. The van der Waals surface area contributed by atoms with Gasteiger partial charge in [-0.2, -0.15) is 0 Å². The molecule has 0 unspecified atom stereocenters. The SMILES string of the molecule is CCNC(=NCc1cccc(OC(C)C)c1)NCc1sc(C)nc1C. The largest absolute Gasteiger partial charge is 0.491 e. The minimum atomic E-state index is 0.170. The maximum atomic E-state index is 5.74. The Labute approximate surface area is 154 Å². The van der Waals surface area contributed by atoms with Crippen molar-refractivity contribution in [3.05, 3.63) is 45.4 Å². The lowest BCUT2D eigenvalue weighted by atomic mass is 10.2. The molecule has 6 heteroatoms. The van der Waals surface area contributed by atoms with Gasteiger partial charge < -0.3 is 15.4 Å². The second-order valence-corrected chi connectivity index (χ2v) is 7.39. The first kappa shape index (κ1) is 19.2. The maximum absolute atomic E-state index is 5.74. The standard InChI is InChI=1S/C19H28N4OS/c1-6-20-19(22-12-18-14(4)23-15(5)25-18)21-11-16-8-7-9-17(10-16)24-13(2)3/h7-10,13H,6,11-12H2,1-5H3,(H2,20,21,22). The van der Waals surface area contributed by atoms with Gasteiger partial charge in [-0.25, -0.2) is 9.98 Å². The van der Waals surface area contributed by atoms with Crippen molar-refractivity contribution in [2.24, 2.45) is 4.99 Å². The van der Waals surface area contributed by atoms with Gasteiger partial charge in [0.2, 0.25) is 0 Å². The predicted molar refractivity (Wildman–Crippen MR) is 105 cm³/mol. The molecule has 2 rings (SSSR count). The molecule has 0 atom stereocenters. The van der Waals surface area contributed by atoms with E-state index in [2.05, 4.69) is 33.6 Å². The summed E-state index contributed by atoms with van der Waals surface area (Å²) < 4.78 is 5.74. The third-order valence-corrected chi connectivity index (χ3v) is 4.52. The molecule has 0 aliphatic rings. The summed E-state index contributed by atoms with van der Waals surface area (Å²) >= 11 is 1.72. The van der Waals surface area contributed by atoms with Gasteiger partial charge in [0.05, 0.1) is 29.9 Å². The number of aliphatic imine (C=N–C) groups is 1. The fraction of sp³-hybridized carbons (Fsp3) is 0.474. The maximum Gasteiger partial charge on any atom is 0.191 e. The average Bonchev–Trinajstić information content (AvgIpc) is 2.87. The van der Waals surface area contributed by atoms with Crippen LogP contribution in [0, 0.1) is 13.8 Å². The molecule has 0 saturated carbocycles. The number of aryl methyl sites for hydroxylation is 2. The van der Waals surface area contributed by atoms with Gasteiger partial charge in [0.25, 0.3) is 0 Å². The van der Waals surface area contributed by atoms with Crippen molar-refractivity contribution >= 4 is 17.3 Å². The molecule has 0 saturated heterocycles. The van der Waals surface area contributed by atoms with Gasteiger partial charge in [-0.1, -0.05) is 12.1 Å². The fourth-order valence-corrected chi connectivity index (χ4v) is 3.28. The van der Waals surface area contributed by atoms with Crippen LogP contribution in [0.5, 0.6) is 5.75 Å². The van der Waals surface area contributed by atoms with Gasteiger partial charge in [0, 0.05) is 11.4 Å². The quantitative estimate of drug-likeness (QED) is 0.582. The summed E-state index contributed by atoms with van der Waals surface area (Å²) in [6, 6.07) is 8.10. The summed E-state index contributed by atoms with van der Waals surface area (Å²) in [6.45, 7) is 12.4. The molecule has 0 aliphatic heterocycles. The Kier molecular flexibility index (Phi) is 7.25. The third-order valence-electron chi connectivity index (χ3n) is 3.45. The van der Waals surface area contributed by atoms with E-state index < -0.39 is 0 Å². The summed E-state index contributed by atoms with van der Waals surface area (Å²) in [6.07, 6.45) is 0.170. The number of hydrogen-bond acceptors (Lipinski definition) is 4. The smallest absolute Gasteiger partial charge is 0.191 e. The van der Waals surface area contributed by atoms with E-state index in [1.165, 1.54) is 4.88 Å². The first-order valence-corrected chi connectivity index (χ1v) is 9.50. The van der Waals surface area contributed by atoms with Crippen LogP contribution in [0.4, 0.5) is 0 Å². The van der Waals surface area contributed by atoms with E-state index in [1.54, 1.807) is 11.3 Å². The lowest BCUT2D eigenvalue weighted by molar-refractivity contribution is 0.242. The average molecular weight is 361 g/mol. The van der Waals surface area contributed by atoms with Crippen LogP contribution in [0.25, 0.3) is 0 Å². The van der Waals surface area contributed by atoms with Crippen LogP contribution in [0.1, 0.15) is 41.9 Å². The number of rotatable bonds is 7. The Hall–Kier alpha value is -2.08. The zero-order chi connectivity index (χ0) is 18.2. The molecule has 0 spiro atoms. The van der Waals surface area contributed by atoms with E-state index in [0.29, 0.717) is 6.54 Å². The van der Waals surface area contributed by atoms with Gasteiger partial charge in [-0.05, 0) is 52.3 Å². The predicted octanol–water partition coefficient (Wildman–Crippen LogP) is 3.80. The van der Waals surface area contributed by atoms with Crippen molar-refractivity contribution in [2.75, 3.05) is 6.54 Å². The zero-order valence-electron chi connectivity index (χ0n) is 15.7. The van der Waals surface area contributed by atoms with Crippen LogP contribution in [0.3, 0.4) is 0 Å². The molecule has 0 fully saturated rings. The molecule has 1 aromatic carbocycles. The number of aromatic nitrogens is 1. The highest BCUT2D eigenvalue weighted by molar-refractivity contribution is 7.11. The minimum absolute atomic E-state index is 0.170. The van der Waals surface area contributed by atoms with Crippen LogP contribution in [-0.2, 0) is 13.1 Å². The molecule has 0 aliphatic carbocycles. The molecule has 5 nitrogen and oxygen atoms in total. The fourth-order valence-electron chi connectivity index (χ4n) is 2.40. The van der Waals surface area contributed by atoms with Crippen LogP contribution in [0.2, 0.25) is 0 Å². The number of nitrogens with one attached hydrogen (secondary N) is 2. The monoisotopic (exact) mass is 360 g/mol. The second-order valence-electron chi connectivity index (χ2n) is 6.10. The van der Waals surface area contributed by atoms with Gasteiger partial charge in [0.1, 0.15) is 5.75 Å². The number of nitrogens with zero attached hydrogens (tertiary/aromatic N) is 2. The van der Waals surface area contributed by atoms with E-state index in [9.17, 15) is 0 Å². The molecule has 2 N–H and O–H groups in total. The van der Waals surface area contributed by atoms with Crippen molar-refractivity contribution in [1.82, 2.24) is 15.6 Å². The number of benzene rings is 1. The molecule has 0 radical (unpaired) electrons. The molecule has 25 heavy (non-hydrogen) atoms. The normalized spacial score (nSPS) is 11.7. The third kappa shape index (κ3) is 6.38. The lowest BCUT2D eigenvalue weighted by Gasteiger charge is -2.12. The highest BCUT2D eigenvalue weighted by atomic mass is 32.1. The van der Waals surface area contributed by atoms with E-state index in [-0.39, 0.29) is 6.10 Å². The van der Waals surface area contributed by atoms with Crippen LogP contribution < -0.4 is 15.4 Å². The summed E-state index contributed by atoms with van der Waals surface area (Å²) in [7, 11) is 0. The Balaban J connectivity index is 2.00. The molecular formula is C19H28N4OS. The lowest BCUT2D eigenvalue weighted by Crippen LogP contribution is -2.36. The number of hydrogen-bond donors (Lipinski definition) is 2. The van der Waals surface area contributed by atoms with E-state index in [4.69, 9.17) is 4.74 Å². The van der Waals surface area contributed by atoms with E-state index >= 15 is 0 Å². The van der Waals surface area contributed by atoms with Crippen molar-refractivity contribution in [3.8, 4) is 5.75 Å². The van der Waals surface area contributed by atoms with Crippen LogP contribution >= 0.6 is 11.3 Å². The van der Waals surface area contributed by atoms with Gasteiger partial charge in [-0.3, -0.25) is 0 Å². The first-order chi connectivity index (χ1) is 12.0. The van der Waals surface area contributed by atoms with E-state index in [0.717, 1.165) is 41.1 Å². The summed E-state index contributed by atoms with van der Waals surface area (Å²) in [5, 5.41) is 7.77. The van der Waals surface area contributed by atoms with Crippen molar-refractivity contribution < 1.29 is 4.74 Å². The van der Waals surface area contributed by atoms with Gasteiger partial charge in [0.15, 0.2) is 5.96 Å². The molecule has 0 bridgehead atoms. The van der Waals surface area contributed by atoms with E-state index in [1.807, 2.05) is 45.9 Å². The zero-order valence-corrected chi connectivity index (χ0v) is 16.5. The summed E-state index contributed by atoms with van der Waals surface area (Å²) in [4.78, 5) is 10.4. The molecule has 0 amide bonds. The minimum Gasteiger partial charge on any atom is -0.491 e. The summed E-state index contributed by atoms with van der Waals surface area (Å²) in [5.41, 5.74) is 2.21. The molecule has 2 aromatic rings. The van der Waals surface area contributed by atoms with Crippen molar-refractivity contribution in [2.45, 2.75) is 53.8 Å². The van der Waals surface area contributed by atoms with Gasteiger partial charge in [-0.15, -0.1) is 11.3 Å². The molecule has 136 valence electrons. The Morgan fingerprint density at radius 3 is 2.72 bits per heavy atom. The highest BCUT2D eigenvalue weighted by Crippen LogP contribution is 2.17. The molecular weight excluding hydrogens is 332 g/mol. The van der Waals surface area contributed by atoms with Crippen molar-refractivity contribution in [3.63, 3.8) is 0 Å². The van der Waals surface area contributed by atoms with Crippen molar-refractivity contribution in [1.29, 1.82) is 0 Å². The molecule has 1 heterocycles. The first-order valence-electron chi connectivity index (χ1n) is 8.68. The summed E-state index contributed by atoms with van der Waals surface area (Å²) in [5.74, 6) is 1.69.